The van der Waals surface area contributed by atoms with Crippen molar-refractivity contribution in [2.75, 3.05) is 26.2 Å². The van der Waals surface area contributed by atoms with Gasteiger partial charge in [-0.05, 0) is 31.7 Å². The van der Waals surface area contributed by atoms with Gasteiger partial charge in [0, 0.05) is 50.4 Å². The van der Waals surface area contributed by atoms with E-state index in [2.05, 4.69) is 10.2 Å². The number of benzene rings is 1. The second kappa shape index (κ2) is 6.88. The van der Waals surface area contributed by atoms with Gasteiger partial charge in [0.15, 0.2) is 4.90 Å². The van der Waals surface area contributed by atoms with E-state index in [0.29, 0.717) is 31.2 Å². The lowest BCUT2D eigenvalue weighted by molar-refractivity contribution is -0.387. The van der Waals surface area contributed by atoms with E-state index in [1.807, 2.05) is 0 Å². The number of hydrogen-bond acceptors (Lipinski definition) is 6. The molecule has 142 valence electrons. The number of hydrogen-bond donors (Lipinski definition) is 1. The Morgan fingerprint density at radius 2 is 1.62 bits per heavy atom. The molecule has 26 heavy (non-hydrogen) atoms. The molecule has 1 aromatic carbocycles. The molecule has 3 saturated heterocycles. The average molecular weight is 380 g/mol. The standard InChI is InChI=1S/C17H24N4O4S/c22-21(23)16-3-1-2-4-17(16)26(24,25)19-9-7-13(8-10-19)20-14-5-6-15(20)12-18-11-14/h1-4,13-15,18H,5-12H2. The summed E-state index contributed by atoms with van der Waals surface area (Å²) < 4.78 is 27.3. The van der Waals surface area contributed by atoms with Crippen molar-refractivity contribution in [1.82, 2.24) is 14.5 Å². The first-order chi connectivity index (χ1) is 12.5. The van der Waals surface area contributed by atoms with Crippen molar-refractivity contribution in [3.8, 4) is 0 Å². The van der Waals surface area contributed by atoms with Gasteiger partial charge in [0.2, 0.25) is 10.0 Å². The van der Waals surface area contributed by atoms with Crippen LogP contribution in [0.1, 0.15) is 25.7 Å². The summed E-state index contributed by atoms with van der Waals surface area (Å²) in [7, 11) is -3.84. The largest absolute Gasteiger partial charge is 0.314 e. The van der Waals surface area contributed by atoms with Crippen LogP contribution in [0.5, 0.6) is 0 Å². The zero-order chi connectivity index (χ0) is 18.3. The normalized spacial score (nSPS) is 28.3. The summed E-state index contributed by atoms with van der Waals surface area (Å²) in [6.07, 6.45) is 4.00. The Morgan fingerprint density at radius 3 is 2.23 bits per heavy atom. The third kappa shape index (κ3) is 3.02. The van der Waals surface area contributed by atoms with Gasteiger partial charge in [-0.1, -0.05) is 12.1 Å². The highest BCUT2D eigenvalue weighted by atomic mass is 32.2. The van der Waals surface area contributed by atoms with Crippen LogP contribution >= 0.6 is 0 Å². The molecular weight excluding hydrogens is 356 g/mol. The van der Waals surface area contributed by atoms with E-state index in [4.69, 9.17) is 0 Å². The fourth-order valence-corrected chi connectivity index (χ4v) is 6.38. The lowest BCUT2D eigenvalue weighted by atomic mass is 10.0. The van der Waals surface area contributed by atoms with Crippen LogP contribution in [0.15, 0.2) is 29.2 Å². The van der Waals surface area contributed by atoms with Crippen LogP contribution < -0.4 is 5.32 Å². The van der Waals surface area contributed by atoms with E-state index in [0.717, 1.165) is 25.9 Å². The molecule has 0 radical (unpaired) electrons. The predicted octanol–water partition coefficient (Wildman–Crippen LogP) is 1.18. The van der Waals surface area contributed by atoms with Crippen molar-refractivity contribution >= 4 is 15.7 Å². The molecular formula is C17H24N4O4S. The molecule has 0 aliphatic carbocycles. The van der Waals surface area contributed by atoms with E-state index in [9.17, 15) is 18.5 Å². The number of rotatable bonds is 4. The van der Waals surface area contributed by atoms with Gasteiger partial charge >= 0.3 is 0 Å². The lowest BCUT2D eigenvalue weighted by Crippen LogP contribution is -2.58. The first kappa shape index (κ1) is 17.8. The molecule has 0 amide bonds. The molecule has 1 aromatic rings. The van der Waals surface area contributed by atoms with E-state index in [1.165, 1.54) is 41.4 Å². The average Bonchev–Trinajstić information content (AvgIpc) is 2.90. The SMILES string of the molecule is O=[N+]([O-])c1ccccc1S(=O)(=O)N1CCC(N2C3CCC2CNC3)CC1. The number of nitro groups is 1. The molecule has 2 atom stereocenters. The van der Waals surface area contributed by atoms with Gasteiger partial charge < -0.3 is 5.32 Å². The smallest absolute Gasteiger partial charge is 0.289 e. The van der Waals surface area contributed by atoms with Gasteiger partial charge in [-0.25, -0.2) is 8.42 Å². The zero-order valence-electron chi connectivity index (χ0n) is 14.6. The molecule has 3 heterocycles. The molecule has 9 heteroatoms. The third-order valence-corrected chi connectivity index (χ3v) is 7.91. The molecule has 8 nitrogen and oxygen atoms in total. The quantitative estimate of drug-likeness (QED) is 0.623. The first-order valence-electron chi connectivity index (χ1n) is 9.20. The fraction of sp³-hybridized carbons (Fsp3) is 0.647. The number of fused-ring (bicyclic) bond motifs is 2. The van der Waals surface area contributed by atoms with Gasteiger partial charge in [-0.2, -0.15) is 4.31 Å². The second-order valence-electron chi connectivity index (χ2n) is 7.35. The molecule has 3 aliphatic heterocycles. The number of piperazine rings is 1. The maximum absolute atomic E-state index is 12.9. The number of sulfonamides is 1. The summed E-state index contributed by atoms with van der Waals surface area (Å²) in [6.45, 7) is 2.88. The van der Waals surface area contributed by atoms with E-state index in [-0.39, 0.29) is 10.6 Å². The molecule has 2 bridgehead atoms. The Hall–Kier alpha value is -1.55. The monoisotopic (exact) mass is 380 g/mol. The molecule has 3 fully saturated rings. The highest BCUT2D eigenvalue weighted by molar-refractivity contribution is 7.89. The number of nitrogens with one attached hydrogen (secondary N) is 1. The van der Waals surface area contributed by atoms with Crippen LogP contribution in [0.3, 0.4) is 0 Å². The fourth-order valence-electron chi connectivity index (χ4n) is 4.75. The number of nitro benzene ring substituents is 1. The Bertz CT molecular complexity index is 776. The summed E-state index contributed by atoms with van der Waals surface area (Å²) in [6, 6.07) is 7.14. The molecule has 3 aliphatic rings. The summed E-state index contributed by atoms with van der Waals surface area (Å²) in [5.41, 5.74) is -0.352. The minimum absolute atomic E-state index is 0.203. The Morgan fingerprint density at radius 1 is 1.00 bits per heavy atom. The minimum atomic E-state index is -3.84. The van der Waals surface area contributed by atoms with Crippen LogP contribution in [-0.2, 0) is 10.0 Å². The van der Waals surface area contributed by atoms with E-state index < -0.39 is 14.9 Å². The van der Waals surface area contributed by atoms with Gasteiger partial charge in [-0.3, -0.25) is 15.0 Å². The second-order valence-corrected chi connectivity index (χ2v) is 9.26. The third-order valence-electron chi connectivity index (χ3n) is 5.96. The van der Waals surface area contributed by atoms with Crippen molar-refractivity contribution in [2.45, 2.75) is 48.7 Å². The van der Waals surface area contributed by atoms with Gasteiger partial charge in [0.05, 0.1) is 4.92 Å². The molecule has 0 aromatic heterocycles. The van der Waals surface area contributed by atoms with Crippen molar-refractivity contribution in [1.29, 1.82) is 0 Å². The molecule has 0 spiro atoms. The molecule has 4 rings (SSSR count). The summed E-state index contributed by atoms with van der Waals surface area (Å²) in [5, 5.41) is 14.7. The van der Waals surface area contributed by atoms with Gasteiger partial charge in [0.1, 0.15) is 0 Å². The van der Waals surface area contributed by atoms with E-state index in [1.54, 1.807) is 0 Å². The van der Waals surface area contributed by atoms with Crippen LogP contribution in [0, 0.1) is 10.1 Å². The molecule has 1 N–H and O–H groups in total. The Labute approximate surface area is 153 Å². The van der Waals surface area contributed by atoms with Crippen molar-refractivity contribution < 1.29 is 13.3 Å². The lowest BCUT2D eigenvalue weighted by Gasteiger charge is -2.44. The van der Waals surface area contributed by atoms with Gasteiger partial charge in [0.25, 0.3) is 5.69 Å². The summed E-state index contributed by atoms with van der Waals surface area (Å²) in [5.74, 6) is 0. The Balaban J connectivity index is 1.49. The first-order valence-corrected chi connectivity index (χ1v) is 10.6. The zero-order valence-corrected chi connectivity index (χ0v) is 15.4. The minimum Gasteiger partial charge on any atom is -0.314 e. The van der Waals surface area contributed by atoms with Crippen molar-refractivity contribution in [3.05, 3.63) is 34.4 Å². The van der Waals surface area contributed by atoms with Crippen molar-refractivity contribution in [3.63, 3.8) is 0 Å². The number of nitrogens with zero attached hydrogens (tertiary/aromatic N) is 3. The predicted molar refractivity (Wildman–Crippen MR) is 96.4 cm³/mol. The van der Waals surface area contributed by atoms with Gasteiger partial charge in [-0.15, -0.1) is 0 Å². The number of para-hydroxylation sites is 1. The van der Waals surface area contributed by atoms with E-state index >= 15 is 0 Å². The van der Waals surface area contributed by atoms with Crippen molar-refractivity contribution in [2.24, 2.45) is 0 Å². The van der Waals surface area contributed by atoms with Crippen LogP contribution in [-0.4, -0.2) is 66.9 Å². The molecule has 0 saturated carbocycles. The Kier molecular flexibility index (Phi) is 4.72. The maximum Gasteiger partial charge on any atom is 0.289 e. The highest BCUT2D eigenvalue weighted by Crippen LogP contribution is 2.34. The number of piperidine rings is 1. The topological polar surface area (TPSA) is 95.8 Å². The summed E-state index contributed by atoms with van der Waals surface area (Å²) >= 11 is 0. The summed E-state index contributed by atoms with van der Waals surface area (Å²) in [4.78, 5) is 13.0. The highest BCUT2D eigenvalue weighted by Gasteiger charge is 2.42. The van der Waals surface area contributed by atoms with Crippen LogP contribution in [0.2, 0.25) is 0 Å². The maximum atomic E-state index is 12.9. The molecule has 2 unspecified atom stereocenters. The van der Waals surface area contributed by atoms with Crippen LogP contribution in [0.4, 0.5) is 5.69 Å². The van der Waals surface area contributed by atoms with Crippen LogP contribution in [0.25, 0.3) is 0 Å².